The Bertz CT molecular complexity index is 3240. The van der Waals surface area contributed by atoms with Crippen LogP contribution in [0.5, 0.6) is 0 Å². The molecule has 0 bridgehead atoms. The lowest BCUT2D eigenvalue weighted by molar-refractivity contribution is 0.767. The molecule has 10 aromatic rings. The molecule has 264 valence electrons. The predicted octanol–water partition coefficient (Wildman–Crippen LogP) is 13.2. The Kier molecular flexibility index (Phi) is 6.84. The van der Waals surface area contributed by atoms with Crippen LogP contribution in [-0.4, -0.2) is 15.0 Å². The summed E-state index contributed by atoms with van der Waals surface area (Å²) >= 11 is 0. The maximum absolute atomic E-state index is 5.18. The van der Waals surface area contributed by atoms with Crippen LogP contribution >= 0.6 is 0 Å². The largest absolute Gasteiger partial charge is 0.208 e. The number of aromatic nitrogens is 3. The number of rotatable bonds is 3. The minimum Gasteiger partial charge on any atom is -0.208 e. The van der Waals surface area contributed by atoms with Gasteiger partial charge in [-0.25, -0.2) is 15.0 Å². The van der Waals surface area contributed by atoms with Crippen molar-refractivity contribution in [1.82, 2.24) is 15.0 Å². The summed E-state index contributed by atoms with van der Waals surface area (Å²) in [6.07, 6.45) is 4.58. The summed E-state index contributed by atoms with van der Waals surface area (Å²) in [4.78, 5) is 15.4. The summed E-state index contributed by atoms with van der Waals surface area (Å²) < 4.78 is 0. The fraction of sp³-hybridized carbons (Fsp3) is 0.0185. The molecule has 0 saturated heterocycles. The number of benzene rings is 9. The molecule has 9 aromatic carbocycles. The number of hydrogen-bond acceptors (Lipinski definition) is 3. The molecule has 2 aliphatic carbocycles. The molecule has 1 aromatic heterocycles. The summed E-state index contributed by atoms with van der Waals surface area (Å²) in [5.41, 5.74) is 12.2. The van der Waals surface area contributed by atoms with E-state index in [0.29, 0.717) is 17.5 Å². The van der Waals surface area contributed by atoms with Crippen molar-refractivity contribution in [2.75, 3.05) is 0 Å². The van der Waals surface area contributed by atoms with E-state index in [-0.39, 0.29) is 0 Å². The average Bonchev–Trinajstić information content (AvgIpc) is 3.48. The molecule has 1 atom stereocenters. The molecule has 3 nitrogen and oxygen atoms in total. The van der Waals surface area contributed by atoms with Crippen molar-refractivity contribution in [3.8, 4) is 45.3 Å². The second-order valence-corrected chi connectivity index (χ2v) is 15.1. The second-order valence-electron chi connectivity index (χ2n) is 15.1. The van der Waals surface area contributed by atoms with Crippen molar-refractivity contribution >= 4 is 44.5 Å². The first-order chi connectivity index (χ1) is 28.3. The SMILES string of the molecule is C1=Cc2ccc(-c3nc(-c4ccccc4)nc(-c4ccccc4)n3)cc2C2(c3ccccc31)c1ccccc1-c1cc3c4ccccc4c4ccccc4c3cc12. The fourth-order valence-corrected chi connectivity index (χ4v) is 9.67. The number of fused-ring (bicyclic) bond motifs is 15. The molecule has 0 fully saturated rings. The van der Waals surface area contributed by atoms with Crippen molar-refractivity contribution in [1.29, 1.82) is 0 Å². The van der Waals surface area contributed by atoms with Crippen LogP contribution in [0, 0.1) is 0 Å². The van der Waals surface area contributed by atoms with Crippen molar-refractivity contribution in [3.63, 3.8) is 0 Å². The third kappa shape index (κ3) is 4.63. The van der Waals surface area contributed by atoms with Crippen LogP contribution in [0.25, 0.3) is 89.8 Å². The van der Waals surface area contributed by atoms with Gasteiger partial charge in [-0.3, -0.25) is 0 Å². The first kappa shape index (κ1) is 31.8. The quantitative estimate of drug-likeness (QED) is 0.170. The van der Waals surface area contributed by atoms with Gasteiger partial charge >= 0.3 is 0 Å². The maximum Gasteiger partial charge on any atom is 0.164 e. The highest BCUT2D eigenvalue weighted by Crippen LogP contribution is 2.60. The van der Waals surface area contributed by atoms with Gasteiger partial charge in [0.15, 0.2) is 17.5 Å². The van der Waals surface area contributed by atoms with Crippen molar-refractivity contribution in [3.05, 3.63) is 221 Å². The van der Waals surface area contributed by atoms with Gasteiger partial charge in [0, 0.05) is 16.7 Å². The van der Waals surface area contributed by atoms with Gasteiger partial charge in [0.2, 0.25) is 0 Å². The van der Waals surface area contributed by atoms with Crippen LogP contribution < -0.4 is 0 Å². The molecular weight excluding hydrogens is 691 g/mol. The summed E-state index contributed by atoms with van der Waals surface area (Å²) in [7, 11) is 0. The van der Waals surface area contributed by atoms with E-state index in [1.165, 1.54) is 76.8 Å². The average molecular weight is 724 g/mol. The molecule has 0 aliphatic heterocycles. The molecule has 2 aliphatic rings. The van der Waals surface area contributed by atoms with Crippen LogP contribution in [-0.2, 0) is 5.41 Å². The van der Waals surface area contributed by atoms with Gasteiger partial charge in [-0.15, -0.1) is 0 Å². The van der Waals surface area contributed by atoms with Crippen molar-refractivity contribution < 1.29 is 0 Å². The van der Waals surface area contributed by atoms with Gasteiger partial charge in [0.05, 0.1) is 5.41 Å². The van der Waals surface area contributed by atoms with Gasteiger partial charge in [-0.05, 0) is 95.0 Å². The van der Waals surface area contributed by atoms with Crippen molar-refractivity contribution in [2.24, 2.45) is 0 Å². The van der Waals surface area contributed by atoms with E-state index in [9.17, 15) is 0 Å². The number of nitrogens with zero attached hydrogens (tertiary/aromatic N) is 3. The van der Waals surface area contributed by atoms with Gasteiger partial charge in [-0.2, -0.15) is 0 Å². The van der Waals surface area contributed by atoms with Crippen LogP contribution in [0.4, 0.5) is 0 Å². The molecular formula is C54H33N3. The Labute approximate surface area is 330 Å². The Morgan fingerprint density at radius 3 is 1.39 bits per heavy atom. The van der Waals surface area contributed by atoms with E-state index in [4.69, 9.17) is 15.0 Å². The van der Waals surface area contributed by atoms with Gasteiger partial charge < -0.3 is 0 Å². The third-order valence-corrected chi connectivity index (χ3v) is 12.1. The zero-order valence-electron chi connectivity index (χ0n) is 30.9. The van der Waals surface area contributed by atoms with E-state index in [0.717, 1.165) is 16.7 Å². The Hall–Kier alpha value is -7.49. The highest BCUT2D eigenvalue weighted by atomic mass is 15.0. The van der Waals surface area contributed by atoms with Crippen LogP contribution in [0.2, 0.25) is 0 Å². The Morgan fingerprint density at radius 2 is 0.754 bits per heavy atom. The monoisotopic (exact) mass is 723 g/mol. The van der Waals surface area contributed by atoms with Crippen LogP contribution in [0.15, 0.2) is 188 Å². The lowest BCUT2D eigenvalue weighted by Crippen LogP contribution is -2.30. The molecule has 1 unspecified atom stereocenters. The topological polar surface area (TPSA) is 38.7 Å². The lowest BCUT2D eigenvalue weighted by atomic mass is 9.65. The highest BCUT2D eigenvalue weighted by Gasteiger charge is 2.49. The standard InChI is InChI=1S/C54H33N3/c1-3-16-36(17-4-1)51-55-52(37-18-5-2-6-19-37)57-53(56-51)38-30-29-35-28-27-34-15-7-13-25-47(34)54(49(35)31-38)48-26-14-12-24-43(48)46-32-44-41-22-10-8-20-39(41)40-21-9-11-23-42(40)45(44)33-50(46)54/h1-33H. The second kappa shape index (κ2) is 12.3. The van der Waals surface area contributed by atoms with E-state index >= 15 is 0 Å². The molecule has 0 N–H and O–H groups in total. The first-order valence-electron chi connectivity index (χ1n) is 19.5. The molecule has 0 saturated carbocycles. The highest BCUT2D eigenvalue weighted by molar-refractivity contribution is 6.26. The van der Waals surface area contributed by atoms with Crippen molar-refractivity contribution in [2.45, 2.75) is 5.41 Å². The third-order valence-electron chi connectivity index (χ3n) is 12.1. The first-order valence-corrected chi connectivity index (χ1v) is 19.5. The van der Waals surface area contributed by atoms with Gasteiger partial charge in [-0.1, -0.05) is 182 Å². The number of hydrogen-bond donors (Lipinski definition) is 0. The molecule has 12 rings (SSSR count). The lowest BCUT2D eigenvalue weighted by Gasteiger charge is -2.35. The summed E-state index contributed by atoms with van der Waals surface area (Å²) in [6.45, 7) is 0. The molecule has 57 heavy (non-hydrogen) atoms. The van der Waals surface area contributed by atoms with E-state index in [1.807, 2.05) is 36.4 Å². The molecule has 0 amide bonds. The maximum atomic E-state index is 5.18. The predicted molar refractivity (Wildman–Crippen MR) is 235 cm³/mol. The molecule has 1 spiro atoms. The van der Waals surface area contributed by atoms with E-state index < -0.39 is 5.41 Å². The minimum atomic E-state index is -0.629. The molecule has 0 radical (unpaired) electrons. The summed E-state index contributed by atoms with van der Waals surface area (Å²) in [5, 5.41) is 7.63. The molecule has 1 heterocycles. The summed E-state index contributed by atoms with van der Waals surface area (Å²) in [5.74, 6) is 1.94. The van der Waals surface area contributed by atoms with E-state index in [2.05, 4.69) is 164 Å². The van der Waals surface area contributed by atoms with Gasteiger partial charge in [0.25, 0.3) is 0 Å². The van der Waals surface area contributed by atoms with E-state index in [1.54, 1.807) is 0 Å². The smallest absolute Gasteiger partial charge is 0.164 e. The van der Waals surface area contributed by atoms with Crippen LogP contribution in [0.1, 0.15) is 33.4 Å². The zero-order chi connectivity index (χ0) is 37.5. The normalized spacial score (nSPS) is 15.0. The zero-order valence-corrected chi connectivity index (χ0v) is 30.9. The fourth-order valence-electron chi connectivity index (χ4n) is 9.67. The molecule has 3 heteroatoms. The Balaban J connectivity index is 1.19. The van der Waals surface area contributed by atoms with Crippen LogP contribution in [0.3, 0.4) is 0 Å². The minimum absolute atomic E-state index is 0.629. The van der Waals surface area contributed by atoms with Gasteiger partial charge in [0.1, 0.15) is 0 Å². The Morgan fingerprint density at radius 1 is 0.281 bits per heavy atom. The summed E-state index contributed by atoms with van der Waals surface area (Å²) in [6, 6.07) is 67.9.